The van der Waals surface area contributed by atoms with Gasteiger partial charge in [0.05, 0.1) is 0 Å². The summed E-state index contributed by atoms with van der Waals surface area (Å²) in [6, 6.07) is 6.16. The lowest BCUT2D eigenvalue weighted by molar-refractivity contribution is 0.602. The van der Waals surface area contributed by atoms with Gasteiger partial charge in [0.1, 0.15) is 15.7 Å². The fourth-order valence-electron chi connectivity index (χ4n) is 1.74. The van der Waals surface area contributed by atoms with E-state index >= 15 is 0 Å². The van der Waals surface area contributed by atoms with Crippen LogP contribution in [0.3, 0.4) is 0 Å². The largest absolute Gasteiger partial charge is 0.382 e. The summed E-state index contributed by atoms with van der Waals surface area (Å²) in [5.74, 6) is -0.266. The highest BCUT2D eigenvalue weighted by Crippen LogP contribution is 2.31. The van der Waals surface area contributed by atoms with Crippen LogP contribution < -0.4 is 11.1 Å². The normalized spacial score (nSPS) is 11.5. The molecule has 0 unspecified atom stereocenters. The second-order valence-electron chi connectivity index (χ2n) is 4.30. The molecule has 0 saturated carbocycles. The number of hydrogen-bond donors (Lipinski definition) is 2. The van der Waals surface area contributed by atoms with Crippen molar-refractivity contribution in [1.82, 2.24) is 4.37 Å². The molecule has 20 heavy (non-hydrogen) atoms. The van der Waals surface area contributed by atoms with E-state index in [4.69, 9.17) is 5.73 Å². The van der Waals surface area contributed by atoms with Crippen molar-refractivity contribution in [2.45, 2.75) is 11.3 Å². The highest BCUT2D eigenvalue weighted by molar-refractivity contribution is 7.91. The van der Waals surface area contributed by atoms with Gasteiger partial charge in [-0.25, -0.2) is 12.8 Å². The molecule has 0 fully saturated rings. The summed E-state index contributed by atoms with van der Waals surface area (Å²) in [5.41, 5.74) is 6.52. The van der Waals surface area contributed by atoms with Crippen molar-refractivity contribution in [1.29, 1.82) is 0 Å². The van der Waals surface area contributed by atoms with E-state index in [2.05, 4.69) is 9.69 Å². The Balaban J connectivity index is 2.03. The number of nitrogens with one attached hydrogen (secondary N) is 1. The molecule has 0 atom stereocenters. The minimum absolute atomic E-state index is 0.0155. The van der Waals surface area contributed by atoms with Crippen molar-refractivity contribution in [3.8, 4) is 0 Å². The van der Waals surface area contributed by atoms with Gasteiger partial charge in [-0.3, -0.25) is 0 Å². The molecule has 0 saturated heterocycles. The van der Waals surface area contributed by atoms with Crippen LogP contribution in [0.4, 0.5) is 15.2 Å². The maximum Gasteiger partial charge on any atom is 0.182 e. The molecule has 108 valence electrons. The van der Waals surface area contributed by atoms with Gasteiger partial charge in [0.15, 0.2) is 15.7 Å². The van der Waals surface area contributed by atoms with Crippen LogP contribution in [0.5, 0.6) is 0 Å². The molecule has 1 aromatic carbocycles. The van der Waals surface area contributed by atoms with E-state index in [1.54, 1.807) is 12.1 Å². The number of rotatable bonds is 5. The van der Waals surface area contributed by atoms with Crippen molar-refractivity contribution in [3.63, 3.8) is 0 Å². The third kappa shape index (κ3) is 3.45. The topological polar surface area (TPSA) is 85.1 Å². The van der Waals surface area contributed by atoms with Gasteiger partial charge in [0.2, 0.25) is 0 Å². The number of nitrogen functional groups attached to an aromatic ring is 1. The number of nitrogens with zero attached hydrogens (tertiary/aromatic N) is 1. The first-order valence-corrected chi connectivity index (χ1v) is 8.48. The maximum absolute atomic E-state index is 12.8. The standard InChI is InChI=1S/C12H14FN3O2S2/c1-20(17,18)10-11(14)16-19-12(10)15-7-6-8-2-4-9(13)5-3-8/h2-5,15H,6-7H2,1H3,(H2,14,16). The molecule has 8 heteroatoms. The molecule has 0 spiro atoms. The Bertz CT molecular complexity index is 696. The van der Waals surface area contributed by atoms with Crippen LogP contribution >= 0.6 is 11.5 Å². The van der Waals surface area contributed by atoms with Crippen LogP contribution in [0.25, 0.3) is 0 Å². The number of nitrogens with two attached hydrogens (primary N) is 1. The zero-order valence-corrected chi connectivity index (χ0v) is 12.4. The molecule has 0 aliphatic carbocycles. The van der Waals surface area contributed by atoms with E-state index in [0.29, 0.717) is 18.0 Å². The molecule has 0 radical (unpaired) electrons. The molecule has 0 amide bonds. The molecule has 0 aliphatic heterocycles. The lowest BCUT2D eigenvalue weighted by atomic mass is 10.1. The molecular formula is C12H14FN3O2S2. The first-order valence-electron chi connectivity index (χ1n) is 5.81. The van der Waals surface area contributed by atoms with Crippen molar-refractivity contribution in [2.75, 3.05) is 23.9 Å². The van der Waals surface area contributed by atoms with Crippen molar-refractivity contribution in [2.24, 2.45) is 0 Å². The van der Waals surface area contributed by atoms with Crippen molar-refractivity contribution in [3.05, 3.63) is 35.6 Å². The summed E-state index contributed by atoms with van der Waals surface area (Å²) < 4.78 is 39.8. The number of aromatic nitrogens is 1. The average Bonchev–Trinajstić information content (AvgIpc) is 2.73. The van der Waals surface area contributed by atoms with E-state index in [1.165, 1.54) is 12.1 Å². The van der Waals surface area contributed by atoms with Crippen LogP contribution in [0.2, 0.25) is 0 Å². The molecular weight excluding hydrogens is 301 g/mol. The number of sulfone groups is 1. The van der Waals surface area contributed by atoms with E-state index < -0.39 is 9.84 Å². The van der Waals surface area contributed by atoms with Crippen LogP contribution in [0, 0.1) is 5.82 Å². The second kappa shape index (κ2) is 5.76. The molecule has 5 nitrogen and oxygen atoms in total. The van der Waals surface area contributed by atoms with Gasteiger partial charge in [-0.05, 0) is 35.6 Å². The third-order valence-electron chi connectivity index (χ3n) is 2.66. The molecule has 1 heterocycles. The molecule has 2 rings (SSSR count). The fourth-order valence-corrected chi connectivity index (χ4v) is 3.83. The Kier molecular flexibility index (Phi) is 4.24. The lowest BCUT2D eigenvalue weighted by Gasteiger charge is -2.06. The van der Waals surface area contributed by atoms with E-state index in [-0.39, 0.29) is 16.5 Å². The van der Waals surface area contributed by atoms with Crippen LogP contribution in [-0.4, -0.2) is 25.6 Å². The van der Waals surface area contributed by atoms with Crippen molar-refractivity contribution < 1.29 is 12.8 Å². The molecule has 0 aliphatic rings. The first kappa shape index (κ1) is 14.7. The highest BCUT2D eigenvalue weighted by atomic mass is 32.2. The van der Waals surface area contributed by atoms with Crippen molar-refractivity contribution >= 4 is 32.2 Å². The van der Waals surface area contributed by atoms with Gasteiger partial charge in [-0.15, -0.1) is 0 Å². The Morgan fingerprint density at radius 1 is 1.35 bits per heavy atom. The summed E-state index contributed by atoms with van der Waals surface area (Å²) in [4.78, 5) is 0.0432. The SMILES string of the molecule is CS(=O)(=O)c1c(N)nsc1NCCc1ccc(F)cc1. The van der Waals surface area contributed by atoms with Gasteiger partial charge < -0.3 is 11.1 Å². The number of hydrogen-bond acceptors (Lipinski definition) is 6. The smallest absolute Gasteiger partial charge is 0.182 e. The predicted octanol–water partition coefficient (Wildman–Crippen LogP) is 1.92. The number of benzene rings is 1. The minimum Gasteiger partial charge on any atom is -0.382 e. The summed E-state index contributed by atoms with van der Waals surface area (Å²) in [6.45, 7) is 0.510. The maximum atomic E-state index is 12.8. The highest BCUT2D eigenvalue weighted by Gasteiger charge is 2.20. The summed E-state index contributed by atoms with van der Waals surface area (Å²) in [5, 5.41) is 3.44. The summed E-state index contributed by atoms with van der Waals surface area (Å²) in [7, 11) is -3.41. The second-order valence-corrected chi connectivity index (χ2v) is 7.03. The van der Waals surface area contributed by atoms with Crippen LogP contribution in [0.1, 0.15) is 5.56 Å². The van der Waals surface area contributed by atoms with Crippen LogP contribution in [0.15, 0.2) is 29.2 Å². The minimum atomic E-state index is -3.41. The Morgan fingerprint density at radius 3 is 2.60 bits per heavy atom. The molecule has 0 bridgehead atoms. The van der Waals surface area contributed by atoms with Gasteiger partial charge in [-0.2, -0.15) is 4.37 Å². The van der Waals surface area contributed by atoms with E-state index in [0.717, 1.165) is 23.4 Å². The zero-order valence-electron chi connectivity index (χ0n) is 10.8. The van der Waals surface area contributed by atoms with Gasteiger partial charge in [0, 0.05) is 12.8 Å². The quantitative estimate of drug-likeness (QED) is 0.880. The van der Waals surface area contributed by atoms with Gasteiger partial charge in [0.25, 0.3) is 0 Å². The number of halogens is 1. The van der Waals surface area contributed by atoms with E-state index in [1.807, 2.05) is 0 Å². The lowest BCUT2D eigenvalue weighted by Crippen LogP contribution is -2.08. The third-order valence-corrected chi connectivity index (χ3v) is 4.76. The zero-order chi connectivity index (χ0) is 14.8. The fraction of sp³-hybridized carbons (Fsp3) is 0.250. The van der Waals surface area contributed by atoms with Gasteiger partial charge >= 0.3 is 0 Å². The Hall–Kier alpha value is -1.67. The van der Waals surface area contributed by atoms with Crippen LogP contribution in [-0.2, 0) is 16.3 Å². The number of anilines is 2. The molecule has 3 N–H and O–H groups in total. The summed E-state index contributed by atoms with van der Waals surface area (Å²) in [6.07, 6.45) is 1.74. The van der Waals surface area contributed by atoms with E-state index in [9.17, 15) is 12.8 Å². The summed E-state index contributed by atoms with van der Waals surface area (Å²) >= 11 is 1.02. The molecule has 1 aromatic heterocycles. The monoisotopic (exact) mass is 315 g/mol. The first-order chi connectivity index (χ1) is 9.38. The Labute approximate surface area is 120 Å². The molecule has 2 aromatic rings. The average molecular weight is 315 g/mol. The predicted molar refractivity (Wildman–Crippen MR) is 78.2 cm³/mol. The van der Waals surface area contributed by atoms with Gasteiger partial charge in [-0.1, -0.05) is 12.1 Å². The Morgan fingerprint density at radius 2 is 2.00 bits per heavy atom.